The summed E-state index contributed by atoms with van der Waals surface area (Å²) in [6, 6.07) is 14.2. The van der Waals surface area contributed by atoms with E-state index in [1.54, 1.807) is 0 Å². The number of aryl methyl sites for hydroxylation is 2. The van der Waals surface area contributed by atoms with Crippen molar-refractivity contribution in [2.75, 3.05) is 23.4 Å². The highest BCUT2D eigenvalue weighted by atomic mass is 16.2. The third kappa shape index (κ3) is 1.86. The van der Waals surface area contributed by atoms with E-state index in [1.165, 1.54) is 0 Å². The van der Waals surface area contributed by atoms with Crippen LogP contribution in [0.3, 0.4) is 0 Å². The SMILES string of the molecule is Cc1cccc(C)c1N1C(=O)CN(C)c2ccccc21. The van der Waals surface area contributed by atoms with Crippen molar-refractivity contribution in [2.45, 2.75) is 13.8 Å². The van der Waals surface area contributed by atoms with E-state index in [4.69, 9.17) is 0 Å². The lowest BCUT2D eigenvalue weighted by Crippen LogP contribution is -2.42. The summed E-state index contributed by atoms with van der Waals surface area (Å²) in [7, 11) is 1.96. The molecule has 102 valence electrons. The van der Waals surface area contributed by atoms with Crippen molar-refractivity contribution in [1.82, 2.24) is 0 Å². The fourth-order valence-corrected chi connectivity index (χ4v) is 2.87. The van der Waals surface area contributed by atoms with Crippen molar-refractivity contribution >= 4 is 23.0 Å². The highest BCUT2D eigenvalue weighted by Gasteiger charge is 2.29. The normalized spacial score (nSPS) is 14.4. The van der Waals surface area contributed by atoms with Crippen LogP contribution >= 0.6 is 0 Å². The first-order chi connectivity index (χ1) is 9.59. The number of amides is 1. The summed E-state index contributed by atoms with van der Waals surface area (Å²) in [5.41, 5.74) is 5.31. The van der Waals surface area contributed by atoms with Crippen LogP contribution in [0.4, 0.5) is 17.1 Å². The molecule has 0 N–H and O–H groups in total. The zero-order valence-corrected chi connectivity index (χ0v) is 12.1. The van der Waals surface area contributed by atoms with Gasteiger partial charge in [-0.3, -0.25) is 9.69 Å². The van der Waals surface area contributed by atoms with E-state index >= 15 is 0 Å². The smallest absolute Gasteiger partial charge is 0.251 e. The third-order valence-corrected chi connectivity index (χ3v) is 3.82. The van der Waals surface area contributed by atoms with Gasteiger partial charge in [-0.2, -0.15) is 0 Å². The second kappa shape index (κ2) is 4.67. The number of hydrogen-bond donors (Lipinski definition) is 0. The first-order valence-electron chi connectivity index (χ1n) is 6.79. The van der Waals surface area contributed by atoms with E-state index in [0.29, 0.717) is 6.54 Å². The van der Waals surface area contributed by atoms with Gasteiger partial charge in [0.2, 0.25) is 0 Å². The van der Waals surface area contributed by atoms with E-state index in [0.717, 1.165) is 28.2 Å². The van der Waals surface area contributed by atoms with Crippen LogP contribution in [0.2, 0.25) is 0 Å². The summed E-state index contributed by atoms with van der Waals surface area (Å²) >= 11 is 0. The lowest BCUT2D eigenvalue weighted by Gasteiger charge is -2.36. The van der Waals surface area contributed by atoms with Gasteiger partial charge in [-0.05, 0) is 37.1 Å². The van der Waals surface area contributed by atoms with Crippen LogP contribution in [0.15, 0.2) is 42.5 Å². The Labute approximate surface area is 119 Å². The molecule has 20 heavy (non-hydrogen) atoms. The Balaban J connectivity index is 2.23. The van der Waals surface area contributed by atoms with Crippen molar-refractivity contribution in [3.63, 3.8) is 0 Å². The van der Waals surface area contributed by atoms with E-state index in [9.17, 15) is 4.79 Å². The van der Waals surface area contributed by atoms with Gasteiger partial charge in [-0.25, -0.2) is 0 Å². The van der Waals surface area contributed by atoms with Crippen LogP contribution in [0.5, 0.6) is 0 Å². The molecule has 0 saturated heterocycles. The minimum absolute atomic E-state index is 0.114. The number of carbonyl (C=O) groups is 1. The molecule has 0 bridgehead atoms. The quantitative estimate of drug-likeness (QED) is 0.789. The molecule has 2 aromatic carbocycles. The highest BCUT2D eigenvalue weighted by Crippen LogP contribution is 2.39. The Morgan fingerprint density at radius 2 is 1.50 bits per heavy atom. The van der Waals surface area contributed by atoms with Gasteiger partial charge in [0.15, 0.2) is 0 Å². The van der Waals surface area contributed by atoms with E-state index in [-0.39, 0.29) is 5.91 Å². The first-order valence-corrected chi connectivity index (χ1v) is 6.79. The molecule has 0 spiro atoms. The Morgan fingerprint density at radius 1 is 0.900 bits per heavy atom. The maximum Gasteiger partial charge on any atom is 0.251 e. The number of likely N-dealkylation sites (N-methyl/N-ethyl adjacent to an activating group) is 1. The molecule has 3 rings (SSSR count). The fourth-order valence-electron chi connectivity index (χ4n) is 2.87. The average Bonchev–Trinajstić information content (AvgIpc) is 2.42. The van der Waals surface area contributed by atoms with Gasteiger partial charge in [0, 0.05) is 7.05 Å². The van der Waals surface area contributed by atoms with Gasteiger partial charge in [-0.15, -0.1) is 0 Å². The highest BCUT2D eigenvalue weighted by molar-refractivity contribution is 6.09. The van der Waals surface area contributed by atoms with Crippen LogP contribution in [-0.4, -0.2) is 19.5 Å². The summed E-state index contributed by atoms with van der Waals surface area (Å²) in [6.07, 6.45) is 0. The molecule has 0 unspecified atom stereocenters. The molecule has 1 aliphatic heterocycles. The third-order valence-electron chi connectivity index (χ3n) is 3.82. The second-order valence-electron chi connectivity index (χ2n) is 5.31. The molecule has 0 radical (unpaired) electrons. The predicted octanol–water partition coefficient (Wildman–Crippen LogP) is 3.42. The molecule has 0 fully saturated rings. The van der Waals surface area contributed by atoms with Crippen LogP contribution in [-0.2, 0) is 4.79 Å². The maximum atomic E-state index is 12.6. The molecule has 0 aliphatic carbocycles. The van der Waals surface area contributed by atoms with Crippen molar-refractivity contribution < 1.29 is 4.79 Å². The summed E-state index contributed by atoms with van der Waals surface area (Å²) in [6.45, 7) is 4.51. The van der Waals surface area contributed by atoms with Gasteiger partial charge < -0.3 is 4.90 Å². The van der Waals surface area contributed by atoms with Crippen LogP contribution in [0, 0.1) is 13.8 Å². The lowest BCUT2D eigenvalue weighted by atomic mass is 10.0. The van der Waals surface area contributed by atoms with Gasteiger partial charge in [0.25, 0.3) is 5.91 Å². The topological polar surface area (TPSA) is 23.6 Å². The number of anilines is 3. The summed E-state index contributed by atoms with van der Waals surface area (Å²) in [5.74, 6) is 0.114. The molecule has 0 aromatic heterocycles. The second-order valence-corrected chi connectivity index (χ2v) is 5.31. The Bertz CT molecular complexity index is 658. The Kier molecular flexibility index (Phi) is 2.97. The average molecular weight is 266 g/mol. The van der Waals surface area contributed by atoms with E-state index in [1.807, 2.05) is 41.1 Å². The molecule has 1 aliphatic rings. The summed E-state index contributed by atoms with van der Waals surface area (Å²) in [5, 5.41) is 0. The van der Waals surface area contributed by atoms with Gasteiger partial charge >= 0.3 is 0 Å². The number of rotatable bonds is 1. The number of nitrogens with zero attached hydrogens (tertiary/aromatic N) is 2. The minimum Gasteiger partial charge on any atom is -0.364 e. The molecule has 3 nitrogen and oxygen atoms in total. The zero-order valence-electron chi connectivity index (χ0n) is 12.1. The van der Waals surface area contributed by atoms with Crippen molar-refractivity contribution in [3.8, 4) is 0 Å². The van der Waals surface area contributed by atoms with Gasteiger partial charge in [-0.1, -0.05) is 30.3 Å². The van der Waals surface area contributed by atoms with Crippen molar-refractivity contribution in [3.05, 3.63) is 53.6 Å². The molecule has 2 aromatic rings. The maximum absolute atomic E-state index is 12.6. The monoisotopic (exact) mass is 266 g/mol. The molecule has 1 heterocycles. The van der Waals surface area contributed by atoms with E-state index < -0.39 is 0 Å². The Morgan fingerprint density at radius 3 is 2.15 bits per heavy atom. The van der Waals surface area contributed by atoms with Gasteiger partial charge in [0.05, 0.1) is 23.6 Å². The first kappa shape index (κ1) is 12.7. The molecule has 0 saturated carbocycles. The van der Waals surface area contributed by atoms with Crippen LogP contribution < -0.4 is 9.80 Å². The summed E-state index contributed by atoms with van der Waals surface area (Å²) in [4.78, 5) is 16.4. The predicted molar refractivity (Wildman–Crippen MR) is 82.8 cm³/mol. The Hall–Kier alpha value is -2.29. The molecule has 0 atom stereocenters. The van der Waals surface area contributed by atoms with Crippen molar-refractivity contribution in [1.29, 1.82) is 0 Å². The number of para-hydroxylation sites is 3. The molecule has 3 heteroatoms. The van der Waals surface area contributed by atoms with Gasteiger partial charge in [0.1, 0.15) is 0 Å². The standard InChI is InChI=1S/C17H18N2O/c1-12-7-6-8-13(2)17(12)19-15-10-5-4-9-14(15)18(3)11-16(19)20/h4-10H,11H2,1-3H3. The van der Waals surface area contributed by atoms with Crippen molar-refractivity contribution in [2.24, 2.45) is 0 Å². The largest absolute Gasteiger partial charge is 0.364 e. The van der Waals surface area contributed by atoms with Crippen LogP contribution in [0.1, 0.15) is 11.1 Å². The molecular weight excluding hydrogens is 248 g/mol. The molecule has 1 amide bonds. The number of benzene rings is 2. The van der Waals surface area contributed by atoms with Crippen LogP contribution in [0.25, 0.3) is 0 Å². The number of hydrogen-bond acceptors (Lipinski definition) is 2. The fraction of sp³-hybridized carbons (Fsp3) is 0.235. The molecular formula is C17H18N2O. The lowest BCUT2D eigenvalue weighted by molar-refractivity contribution is -0.116. The zero-order chi connectivity index (χ0) is 14.3. The number of fused-ring (bicyclic) bond motifs is 1. The number of carbonyl (C=O) groups excluding carboxylic acids is 1. The minimum atomic E-state index is 0.114. The van der Waals surface area contributed by atoms with E-state index in [2.05, 4.69) is 32.0 Å². The summed E-state index contributed by atoms with van der Waals surface area (Å²) < 4.78 is 0.